The molecule has 0 aliphatic carbocycles. The molecule has 2 heterocycles. The van der Waals surface area contributed by atoms with Crippen LogP contribution in [0.15, 0.2) is 15.8 Å². The van der Waals surface area contributed by atoms with Crippen LogP contribution >= 0.6 is 15.6 Å². The van der Waals surface area contributed by atoms with E-state index in [0.717, 1.165) is 10.8 Å². The van der Waals surface area contributed by atoms with E-state index in [2.05, 4.69) is 8.83 Å². The molecule has 1 aromatic heterocycles. The predicted molar refractivity (Wildman–Crippen MR) is 110 cm³/mol. The summed E-state index contributed by atoms with van der Waals surface area (Å²) < 4.78 is 49.4. The summed E-state index contributed by atoms with van der Waals surface area (Å²) in [6.07, 6.45) is -5.62. The van der Waals surface area contributed by atoms with E-state index in [1.54, 1.807) is 13.8 Å². The molecule has 1 saturated heterocycles. The number of phosphoric ester groups is 2. The summed E-state index contributed by atoms with van der Waals surface area (Å²) in [5.74, 6) is 0. The summed E-state index contributed by atoms with van der Waals surface area (Å²) >= 11 is 0. The Hall–Kier alpha value is -1.22. The topological polar surface area (TPSA) is 216 Å². The third-order valence-electron chi connectivity index (χ3n) is 4.18. The number of H-pyrrole nitrogens is 1. The Morgan fingerprint density at radius 2 is 1.79 bits per heavy atom. The minimum atomic E-state index is -5.13. The lowest BCUT2D eigenvalue weighted by Crippen LogP contribution is -2.40. The normalized spacial score (nSPS) is 27.1. The van der Waals surface area contributed by atoms with Crippen LogP contribution < -0.4 is 11.2 Å². The van der Waals surface area contributed by atoms with E-state index >= 15 is 0 Å². The van der Waals surface area contributed by atoms with Gasteiger partial charge in [0, 0.05) is 6.20 Å². The summed E-state index contributed by atoms with van der Waals surface area (Å²) in [6, 6.07) is 0. The molecule has 15 nitrogen and oxygen atoms in total. The van der Waals surface area contributed by atoms with Crippen LogP contribution in [0.3, 0.4) is 0 Å². The Labute approximate surface area is 188 Å². The van der Waals surface area contributed by atoms with Gasteiger partial charge in [0.1, 0.15) is 18.3 Å². The quantitative estimate of drug-likeness (QED) is 0.239. The molecule has 2 rings (SSSR count). The number of nitrogens with one attached hydrogen (secondary N) is 1. The van der Waals surface area contributed by atoms with Gasteiger partial charge in [0.25, 0.3) is 5.56 Å². The lowest BCUT2D eigenvalue weighted by Gasteiger charge is -2.24. The predicted octanol–water partition coefficient (Wildman–Crippen LogP) is -0.260. The standard InChI is InChI=1S/C16H28N2O13P2/c1-8(2)28-13-11(7-27-32(23,24)31-33(25,26)30-9(3)4)29-15(12(13)20)18-5-10(6-19)14(21)17-16(18)22/h5,8-9,11-13,15,19-20H,6-7H2,1-4H3,(H,23,24)(H,25,26)(H,17,21,22)/t11-,12+,13?,15-/m1/s1. The van der Waals surface area contributed by atoms with Gasteiger partial charge >= 0.3 is 21.3 Å². The third-order valence-corrected chi connectivity index (χ3v) is 6.99. The van der Waals surface area contributed by atoms with Crippen molar-refractivity contribution < 1.29 is 52.0 Å². The average molecular weight is 518 g/mol. The van der Waals surface area contributed by atoms with Gasteiger partial charge in [0.15, 0.2) is 6.23 Å². The summed E-state index contributed by atoms with van der Waals surface area (Å²) in [5.41, 5.74) is -1.95. The molecule has 33 heavy (non-hydrogen) atoms. The van der Waals surface area contributed by atoms with Gasteiger partial charge in [0.2, 0.25) is 0 Å². The van der Waals surface area contributed by atoms with Crippen molar-refractivity contribution in [3.05, 3.63) is 32.6 Å². The first kappa shape index (κ1) is 28.0. The summed E-state index contributed by atoms with van der Waals surface area (Å²) in [7, 11) is -10.1. The maximum absolute atomic E-state index is 12.2. The number of hydrogen-bond acceptors (Lipinski definition) is 11. The number of phosphoric acid groups is 2. The fourth-order valence-electron chi connectivity index (χ4n) is 3.00. The molecule has 17 heteroatoms. The molecule has 0 radical (unpaired) electrons. The smallest absolute Gasteiger partial charge is 0.391 e. The molecule has 1 fully saturated rings. The third kappa shape index (κ3) is 7.64. The van der Waals surface area contributed by atoms with E-state index in [4.69, 9.17) is 14.0 Å². The van der Waals surface area contributed by atoms with Gasteiger partial charge in [-0.3, -0.25) is 23.4 Å². The molecule has 1 aliphatic rings. The van der Waals surface area contributed by atoms with E-state index in [-0.39, 0.29) is 5.56 Å². The van der Waals surface area contributed by atoms with Gasteiger partial charge in [-0.2, -0.15) is 4.31 Å². The second-order valence-corrected chi connectivity index (χ2v) is 10.6. The monoisotopic (exact) mass is 518 g/mol. The number of aromatic amines is 1. The molecule has 0 aromatic carbocycles. The largest absolute Gasteiger partial charge is 0.481 e. The van der Waals surface area contributed by atoms with Gasteiger partial charge in [-0.25, -0.2) is 13.9 Å². The lowest BCUT2D eigenvalue weighted by atomic mass is 10.1. The second-order valence-electron chi connectivity index (χ2n) is 7.65. The number of aliphatic hydroxyl groups is 2. The van der Waals surface area contributed by atoms with E-state index in [1.807, 2.05) is 4.98 Å². The Morgan fingerprint density at radius 3 is 2.33 bits per heavy atom. The number of ether oxygens (including phenoxy) is 2. The minimum Gasteiger partial charge on any atom is -0.391 e. The highest BCUT2D eigenvalue weighted by Gasteiger charge is 2.48. The molecule has 0 spiro atoms. The number of rotatable bonds is 11. The molecule has 0 saturated carbocycles. The molecule has 1 aromatic rings. The van der Waals surface area contributed by atoms with E-state index < -0.39 is 76.9 Å². The van der Waals surface area contributed by atoms with E-state index in [0.29, 0.717) is 0 Å². The minimum absolute atomic E-state index is 0.177. The number of aliphatic hydroxyl groups excluding tert-OH is 2. The van der Waals surface area contributed by atoms with Gasteiger partial charge in [0.05, 0.1) is 31.0 Å². The zero-order valence-corrected chi connectivity index (χ0v) is 20.0. The SMILES string of the molecule is CC(C)OC1[C@@H](COP(=O)(O)OP(=O)(O)OC(C)C)O[C@@H](n2cc(CO)c(=O)[nH]c2=O)[C@H]1O. The number of nitrogens with zero attached hydrogens (tertiary/aromatic N) is 1. The van der Waals surface area contributed by atoms with Crippen LogP contribution in [0.5, 0.6) is 0 Å². The highest BCUT2D eigenvalue weighted by atomic mass is 31.3. The van der Waals surface area contributed by atoms with Crippen LogP contribution in [0.4, 0.5) is 0 Å². The molecule has 3 unspecified atom stereocenters. The molecule has 190 valence electrons. The summed E-state index contributed by atoms with van der Waals surface area (Å²) in [6.45, 7) is 4.63. The Balaban J connectivity index is 2.24. The van der Waals surface area contributed by atoms with Crippen molar-refractivity contribution >= 4 is 15.6 Å². The Bertz CT molecular complexity index is 1020. The van der Waals surface area contributed by atoms with Crippen molar-refractivity contribution in [3.8, 4) is 0 Å². The fourth-order valence-corrected chi connectivity index (χ4v) is 5.26. The molecule has 0 bridgehead atoms. The highest BCUT2D eigenvalue weighted by molar-refractivity contribution is 7.61. The molecule has 1 aliphatic heterocycles. The van der Waals surface area contributed by atoms with Crippen molar-refractivity contribution in [1.29, 1.82) is 0 Å². The molecular formula is C16H28N2O13P2. The van der Waals surface area contributed by atoms with Crippen molar-refractivity contribution in [1.82, 2.24) is 9.55 Å². The van der Waals surface area contributed by atoms with Crippen molar-refractivity contribution in [2.45, 2.75) is 71.0 Å². The van der Waals surface area contributed by atoms with Crippen LogP contribution in [0.25, 0.3) is 0 Å². The Kier molecular flexibility index (Phi) is 9.35. The first-order valence-electron chi connectivity index (χ1n) is 9.80. The fraction of sp³-hybridized carbons (Fsp3) is 0.750. The van der Waals surface area contributed by atoms with Crippen LogP contribution in [0.1, 0.15) is 39.5 Å². The van der Waals surface area contributed by atoms with Gasteiger partial charge in [-0.05, 0) is 27.7 Å². The zero-order chi connectivity index (χ0) is 25.1. The number of hydrogen-bond donors (Lipinski definition) is 5. The summed E-state index contributed by atoms with van der Waals surface area (Å²) in [5, 5.41) is 20.0. The van der Waals surface area contributed by atoms with Crippen molar-refractivity contribution in [2.24, 2.45) is 0 Å². The Morgan fingerprint density at radius 1 is 1.15 bits per heavy atom. The van der Waals surface area contributed by atoms with Gasteiger partial charge < -0.3 is 29.5 Å². The van der Waals surface area contributed by atoms with Crippen molar-refractivity contribution in [2.75, 3.05) is 6.61 Å². The van der Waals surface area contributed by atoms with Crippen LogP contribution in [-0.4, -0.2) is 66.7 Å². The second kappa shape index (κ2) is 11.0. The molecule has 5 N–H and O–H groups in total. The maximum atomic E-state index is 12.2. The van der Waals surface area contributed by atoms with E-state index in [9.17, 15) is 38.7 Å². The summed E-state index contributed by atoms with van der Waals surface area (Å²) in [4.78, 5) is 45.2. The average Bonchev–Trinajstić information content (AvgIpc) is 2.93. The van der Waals surface area contributed by atoms with Crippen LogP contribution in [0.2, 0.25) is 0 Å². The molecule has 0 amide bonds. The van der Waals surface area contributed by atoms with Crippen LogP contribution in [0, 0.1) is 0 Å². The first-order valence-corrected chi connectivity index (χ1v) is 12.8. The molecular weight excluding hydrogens is 490 g/mol. The van der Waals surface area contributed by atoms with Gasteiger partial charge in [-0.15, -0.1) is 0 Å². The first-order chi connectivity index (χ1) is 15.2. The molecule has 6 atom stereocenters. The van der Waals surface area contributed by atoms with E-state index in [1.165, 1.54) is 13.8 Å². The van der Waals surface area contributed by atoms with Gasteiger partial charge in [-0.1, -0.05) is 0 Å². The van der Waals surface area contributed by atoms with Crippen molar-refractivity contribution in [3.63, 3.8) is 0 Å². The van der Waals surface area contributed by atoms with Crippen LogP contribution in [-0.2, 0) is 38.6 Å². The zero-order valence-electron chi connectivity index (χ0n) is 18.3. The lowest BCUT2D eigenvalue weighted by molar-refractivity contribution is -0.0779. The highest BCUT2D eigenvalue weighted by Crippen LogP contribution is 2.61. The maximum Gasteiger partial charge on any atom is 0.481 e. The number of aromatic nitrogens is 2.